The Balaban J connectivity index is 1.55. The Morgan fingerprint density at radius 2 is 2.22 bits per heavy atom. The highest BCUT2D eigenvalue weighted by molar-refractivity contribution is 7.09. The Morgan fingerprint density at radius 3 is 2.78 bits per heavy atom. The number of ether oxygens (including phenoxy) is 1. The highest BCUT2D eigenvalue weighted by atomic mass is 32.1. The van der Waals surface area contributed by atoms with E-state index >= 15 is 0 Å². The first-order chi connectivity index (χ1) is 12.8. The molecule has 1 aromatic heterocycles. The van der Waals surface area contributed by atoms with Crippen molar-refractivity contribution in [3.63, 3.8) is 0 Å². The van der Waals surface area contributed by atoms with Gasteiger partial charge in [-0.2, -0.15) is 5.26 Å². The van der Waals surface area contributed by atoms with Crippen molar-refractivity contribution in [2.75, 3.05) is 13.2 Å². The second-order valence-corrected chi connectivity index (χ2v) is 7.70. The SMILES string of the molecule is Cc1csc([C@@H](C#N)C(=O)COC(=O)CN2C(=O)N[C@@](C)(C3CC3)C2=O)n1. The summed E-state index contributed by atoms with van der Waals surface area (Å²) >= 11 is 1.18. The number of aryl methyl sites for hydroxylation is 1. The molecular formula is C17H18N4O5S. The van der Waals surface area contributed by atoms with Gasteiger partial charge in [0.25, 0.3) is 5.91 Å². The van der Waals surface area contributed by atoms with E-state index in [1.54, 1.807) is 19.2 Å². The van der Waals surface area contributed by atoms with Gasteiger partial charge in [0.1, 0.15) is 17.1 Å². The third kappa shape index (κ3) is 3.68. The Kier molecular flexibility index (Phi) is 4.97. The lowest BCUT2D eigenvalue weighted by Gasteiger charge is -2.20. The van der Waals surface area contributed by atoms with E-state index in [0.717, 1.165) is 17.7 Å². The van der Waals surface area contributed by atoms with Gasteiger partial charge in [0, 0.05) is 11.1 Å². The van der Waals surface area contributed by atoms with Crippen LogP contribution in [0.5, 0.6) is 0 Å². The summed E-state index contributed by atoms with van der Waals surface area (Å²) < 4.78 is 4.88. The maximum absolute atomic E-state index is 12.5. The Morgan fingerprint density at radius 1 is 1.52 bits per heavy atom. The van der Waals surface area contributed by atoms with Crippen LogP contribution < -0.4 is 5.32 Å². The molecule has 1 saturated heterocycles. The number of nitriles is 1. The summed E-state index contributed by atoms with van der Waals surface area (Å²) in [5.74, 6) is -3.01. The summed E-state index contributed by atoms with van der Waals surface area (Å²) in [7, 11) is 0. The van der Waals surface area contributed by atoms with E-state index < -0.39 is 48.3 Å². The number of hydrogen-bond acceptors (Lipinski definition) is 8. The number of imide groups is 1. The summed E-state index contributed by atoms with van der Waals surface area (Å²) in [6.07, 6.45) is 1.70. The third-order valence-corrected chi connectivity index (χ3v) is 5.72. The molecule has 0 spiro atoms. The van der Waals surface area contributed by atoms with E-state index in [-0.39, 0.29) is 5.92 Å². The Labute approximate surface area is 159 Å². The van der Waals surface area contributed by atoms with Gasteiger partial charge in [-0.1, -0.05) is 0 Å². The lowest BCUT2D eigenvalue weighted by atomic mass is 9.96. The van der Waals surface area contributed by atoms with E-state index in [4.69, 9.17) is 4.74 Å². The monoisotopic (exact) mass is 390 g/mol. The minimum absolute atomic E-state index is 0.0784. The number of thiazole rings is 1. The predicted octanol–water partition coefficient (Wildman–Crippen LogP) is 0.891. The van der Waals surface area contributed by atoms with Crippen molar-refractivity contribution < 1.29 is 23.9 Å². The van der Waals surface area contributed by atoms with Crippen molar-refractivity contribution in [1.82, 2.24) is 15.2 Å². The number of aromatic nitrogens is 1. The van der Waals surface area contributed by atoms with Gasteiger partial charge in [-0.25, -0.2) is 9.78 Å². The van der Waals surface area contributed by atoms with Gasteiger partial charge in [-0.15, -0.1) is 11.3 Å². The van der Waals surface area contributed by atoms with E-state index in [2.05, 4.69) is 10.3 Å². The standard InChI is InChI=1S/C17H18N4O5S/c1-9-8-27-14(19-9)11(5-18)12(22)7-26-13(23)6-21-15(24)17(2,10-3-4-10)20-16(21)25/h8,10-11H,3-4,6-7H2,1-2H3,(H,20,25)/t11-,17-/m0/s1. The second kappa shape index (κ2) is 7.08. The van der Waals surface area contributed by atoms with Crippen LogP contribution >= 0.6 is 11.3 Å². The van der Waals surface area contributed by atoms with Gasteiger partial charge in [0.15, 0.2) is 18.3 Å². The van der Waals surface area contributed by atoms with Crippen LogP contribution in [0.25, 0.3) is 0 Å². The lowest BCUT2D eigenvalue weighted by Crippen LogP contribution is -2.46. The van der Waals surface area contributed by atoms with Crippen LogP contribution in [0.2, 0.25) is 0 Å². The minimum atomic E-state index is -1.12. The number of amides is 3. The van der Waals surface area contributed by atoms with Gasteiger partial charge in [0.05, 0.1) is 6.07 Å². The molecular weight excluding hydrogens is 372 g/mol. The van der Waals surface area contributed by atoms with Crippen molar-refractivity contribution in [2.45, 2.75) is 38.1 Å². The molecule has 3 rings (SSSR count). The highest BCUT2D eigenvalue weighted by Gasteiger charge is 2.56. The van der Waals surface area contributed by atoms with Crippen molar-refractivity contribution in [3.05, 3.63) is 16.1 Å². The number of hydrogen-bond donors (Lipinski definition) is 1. The van der Waals surface area contributed by atoms with Gasteiger partial charge >= 0.3 is 12.0 Å². The van der Waals surface area contributed by atoms with Crippen molar-refractivity contribution in [3.8, 4) is 6.07 Å². The molecule has 27 heavy (non-hydrogen) atoms. The summed E-state index contributed by atoms with van der Waals surface area (Å²) in [6.45, 7) is 2.19. The van der Waals surface area contributed by atoms with E-state index in [1.165, 1.54) is 11.3 Å². The normalized spacial score (nSPS) is 22.9. The molecule has 2 heterocycles. The number of rotatable bonds is 7. The zero-order chi connectivity index (χ0) is 19.8. The molecule has 1 aliphatic carbocycles. The number of esters is 1. The molecule has 2 fully saturated rings. The zero-order valence-corrected chi connectivity index (χ0v) is 15.7. The molecule has 0 aromatic carbocycles. The molecule has 0 radical (unpaired) electrons. The van der Waals surface area contributed by atoms with Crippen LogP contribution in [0.15, 0.2) is 5.38 Å². The maximum Gasteiger partial charge on any atom is 0.326 e. The summed E-state index contributed by atoms with van der Waals surface area (Å²) in [6, 6.07) is 1.20. The minimum Gasteiger partial charge on any atom is -0.456 e. The van der Waals surface area contributed by atoms with Crippen molar-refractivity contribution >= 4 is 35.0 Å². The fourth-order valence-electron chi connectivity index (χ4n) is 2.98. The van der Waals surface area contributed by atoms with Gasteiger partial charge in [-0.05, 0) is 32.6 Å². The van der Waals surface area contributed by atoms with Crippen LogP contribution in [-0.4, -0.2) is 52.3 Å². The van der Waals surface area contributed by atoms with Crippen LogP contribution in [0, 0.1) is 24.2 Å². The molecule has 1 N–H and O–H groups in total. The number of nitrogens with zero attached hydrogens (tertiary/aromatic N) is 3. The lowest BCUT2D eigenvalue weighted by molar-refractivity contribution is -0.150. The Bertz CT molecular complexity index is 856. The molecule has 9 nitrogen and oxygen atoms in total. The molecule has 3 amide bonds. The first-order valence-electron chi connectivity index (χ1n) is 8.40. The molecule has 2 atom stereocenters. The number of Topliss-reactive ketones (excluding diaryl/α,β-unsaturated/α-hetero) is 1. The highest BCUT2D eigenvalue weighted by Crippen LogP contribution is 2.42. The van der Waals surface area contributed by atoms with Gasteiger partial charge in [-0.3, -0.25) is 19.3 Å². The zero-order valence-electron chi connectivity index (χ0n) is 14.9. The van der Waals surface area contributed by atoms with Crippen LogP contribution in [0.1, 0.15) is 36.4 Å². The fourth-order valence-corrected chi connectivity index (χ4v) is 3.84. The molecule has 0 unspecified atom stereocenters. The summed E-state index contributed by atoms with van der Waals surface area (Å²) in [5, 5.41) is 13.9. The summed E-state index contributed by atoms with van der Waals surface area (Å²) in [5.41, 5.74) is -0.292. The average molecular weight is 390 g/mol. The number of ketones is 1. The van der Waals surface area contributed by atoms with Crippen LogP contribution in [0.4, 0.5) is 4.79 Å². The largest absolute Gasteiger partial charge is 0.456 e. The van der Waals surface area contributed by atoms with Crippen molar-refractivity contribution in [1.29, 1.82) is 5.26 Å². The molecule has 1 saturated carbocycles. The Hall–Kier alpha value is -2.80. The van der Waals surface area contributed by atoms with E-state index in [0.29, 0.717) is 10.7 Å². The first-order valence-corrected chi connectivity index (χ1v) is 9.28. The fraction of sp³-hybridized carbons (Fsp3) is 0.529. The third-order valence-electron chi connectivity index (χ3n) is 4.69. The van der Waals surface area contributed by atoms with Crippen LogP contribution in [0.3, 0.4) is 0 Å². The molecule has 1 aliphatic heterocycles. The summed E-state index contributed by atoms with van der Waals surface area (Å²) in [4.78, 5) is 53.5. The number of carbonyl (C=O) groups is 4. The van der Waals surface area contributed by atoms with Crippen molar-refractivity contribution in [2.24, 2.45) is 5.92 Å². The van der Waals surface area contributed by atoms with Gasteiger partial charge in [0.2, 0.25) is 0 Å². The van der Waals surface area contributed by atoms with E-state index in [1.807, 2.05) is 6.07 Å². The maximum atomic E-state index is 12.5. The predicted molar refractivity (Wildman–Crippen MR) is 92.5 cm³/mol. The molecule has 10 heteroatoms. The first kappa shape index (κ1) is 19.0. The number of nitrogens with one attached hydrogen (secondary N) is 1. The number of urea groups is 1. The average Bonchev–Trinajstić information content (AvgIpc) is 3.36. The molecule has 1 aromatic rings. The smallest absolute Gasteiger partial charge is 0.326 e. The molecule has 0 bridgehead atoms. The van der Waals surface area contributed by atoms with E-state index in [9.17, 15) is 24.4 Å². The van der Waals surface area contributed by atoms with Gasteiger partial charge < -0.3 is 10.1 Å². The molecule has 2 aliphatic rings. The number of carbonyl (C=O) groups excluding carboxylic acids is 4. The molecule has 142 valence electrons. The topological polar surface area (TPSA) is 129 Å². The quantitative estimate of drug-likeness (QED) is 0.540. The second-order valence-electron chi connectivity index (χ2n) is 6.81. The van der Waals surface area contributed by atoms with Crippen LogP contribution in [-0.2, 0) is 19.1 Å².